The van der Waals surface area contributed by atoms with Crippen LogP contribution >= 0.6 is 22.6 Å². The van der Waals surface area contributed by atoms with Crippen molar-refractivity contribution in [2.75, 3.05) is 29.0 Å². The Morgan fingerprint density at radius 3 is 2.86 bits per heavy atom. The molecule has 0 unspecified atom stereocenters. The highest BCUT2D eigenvalue weighted by Crippen LogP contribution is 2.33. The minimum absolute atomic E-state index is 0.0183. The Bertz CT molecular complexity index is 687. The van der Waals surface area contributed by atoms with Gasteiger partial charge in [-0.1, -0.05) is 24.3 Å². The van der Waals surface area contributed by atoms with Crippen LogP contribution < -0.4 is 16.0 Å². The van der Waals surface area contributed by atoms with E-state index in [1.54, 1.807) is 0 Å². The van der Waals surface area contributed by atoms with Gasteiger partial charge in [0.15, 0.2) is 0 Å². The number of rotatable bonds is 3. The minimum Gasteiger partial charge on any atom is -0.397 e. The van der Waals surface area contributed by atoms with Crippen molar-refractivity contribution in [1.82, 2.24) is 0 Å². The number of nitrogens with zero attached hydrogens (tertiary/aromatic N) is 1. The van der Waals surface area contributed by atoms with Crippen molar-refractivity contribution >= 4 is 45.6 Å². The molecule has 1 aliphatic heterocycles. The van der Waals surface area contributed by atoms with E-state index in [1.165, 1.54) is 5.56 Å². The maximum absolute atomic E-state index is 12.2. The summed E-state index contributed by atoms with van der Waals surface area (Å²) in [7, 11) is 0. The van der Waals surface area contributed by atoms with Crippen LogP contribution in [0.1, 0.15) is 5.56 Å². The van der Waals surface area contributed by atoms with Crippen LogP contribution in [0.4, 0.5) is 17.1 Å². The summed E-state index contributed by atoms with van der Waals surface area (Å²) in [6, 6.07) is 13.7. The third-order valence-corrected chi connectivity index (χ3v) is 4.54. The molecule has 0 bridgehead atoms. The fraction of sp³-hybridized carbons (Fsp3) is 0.188. The van der Waals surface area contributed by atoms with Gasteiger partial charge in [-0.3, -0.25) is 4.79 Å². The third-order valence-electron chi connectivity index (χ3n) is 3.60. The number of hydrogen-bond donors (Lipinski definition) is 2. The monoisotopic (exact) mass is 393 g/mol. The largest absolute Gasteiger partial charge is 0.397 e. The van der Waals surface area contributed by atoms with Crippen LogP contribution in [0.3, 0.4) is 0 Å². The third kappa shape index (κ3) is 2.97. The molecule has 0 aromatic heterocycles. The number of anilines is 3. The summed E-state index contributed by atoms with van der Waals surface area (Å²) in [5, 5.41) is 2.96. The summed E-state index contributed by atoms with van der Waals surface area (Å²) in [5.41, 5.74) is 9.86. The Morgan fingerprint density at radius 2 is 2.05 bits per heavy atom. The van der Waals surface area contributed by atoms with E-state index >= 15 is 0 Å². The first kappa shape index (κ1) is 14.2. The smallest absolute Gasteiger partial charge is 0.243 e. The van der Waals surface area contributed by atoms with Gasteiger partial charge >= 0.3 is 0 Å². The average molecular weight is 393 g/mol. The molecule has 4 nitrogen and oxygen atoms in total. The number of amides is 1. The van der Waals surface area contributed by atoms with E-state index in [0.717, 1.165) is 33.6 Å². The molecule has 0 spiro atoms. The van der Waals surface area contributed by atoms with Crippen molar-refractivity contribution in [2.45, 2.75) is 6.42 Å². The highest BCUT2D eigenvalue weighted by Gasteiger charge is 2.23. The van der Waals surface area contributed by atoms with Crippen LogP contribution in [0.2, 0.25) is 0 Å². The van der Waals surface area contributed by atoms with Crippen LogP contribution in [0, 0.1) is 3.57 Å². The van der Waals surface area contributed by atoms with E-state index in [-0.39, 0.29) is 5.91 Å². The number of halogens is 1. The minimum atomic E-state index is -0.0183. The van der Waals surface area contributed by atoms with E-state index in [0.29, 0.717) is 6.54 Å². The summed E-state index contributed by atoms with van der Waals surface area (Å²) in [6.45, 7) is 1.16. The van der Waals surface area contributed by atoms with Crippen LogP contribution in [0.15, 0.2) is 42.5 Å². The number of carbonyl (C=O) groups excluding carboxylic acids is 1. The normalized spacial score (nSPS) is 13.1. The zero-order valence-electron chi connectivity index (χ0n) is 11.5. The summed E-state index contributed by atoms with van der Waals surface area (Å²) < 4.78 is 1.03. The topological polar surface area (TPSA) is 58.4 Å². The van der Waals surface area contributed by atoms with Crippen molar-refractivity contribution in [3.8, 4) is 0 Å². The quantitative estimate of drug-likeness (QED) is 0.623. The summed E-state index contributed by atoms with van der Waals surface area (Å²) in [6.07, 6.45) is 0.941. The lowest BCUT2D eigenvalue weighted by Crippen LogP contribution is -2.32. The number of fused-ring (bicyclic) bond motifs is 1. The lowest BCUT2D eigenvalue weighted by atomic mass is 10.1. The van der Waals surface area contributed by atoms with Gasteiger partial charge in [-0.15, -0.1) is 0 Å². The van der Waals surface area contributed by atoms with Gasteiger partial charge in [0.05, 0.1) is 23.6 Å². The van der Waals surface area contributed by atoms with E-state index < -0.39 is 0 Å². The molecule has 0 saturated carbocycles. The molecule has 3 rings (SSSR count). The maximum Gasteiger partial charge on any atom is 0.243 e. The molecule has 108 valence electrons. The maximum atomic E-state index is 12.2. The lowest BCUT2D eigenvalue weighted by Gasteiger charge is -2.20. The molecule has 0 fully saturated rings. The van der Waals surface area contributed by atoms with E-state index in [9.17, 15) is 4.79 Å². The summed E-state index contributed by atoms with van der Waals surface area (Å²) >= 11 is 2.22. The molecule has 3 N–H and O–H groups in total. The second kappa shape index (κ2) is 5.93. The van der Waals surface area contributed by atoms with Gasteiger partial charge in [-0.2, -0.15) is 0 Å². The number of para-hydroxylation sites is 2. The Kier molecular flexibility index (Phi) is 4.01. The molecule has 21 heavy (non-hydrogen) atoms. The highest BCUT2D eigenvalue weighted by atomic mass is 127. The first-order chi connectivity index (χ1) is 10.1. The van der Waals surface area contributed by atoms with Gasteiger partial charge in [0.25, 0.3) is 0 Å². The van der Waals surface area contributed by atoms with Gasteiger partial charge in [-0.05, 0) is 52.8 Å². The number of nitrogens with one attached hydrogen (secondary N) is 1. The second-order valence-electron chi connectivity index (χ2n) is 5.05. The van der Waals surface area contributed by atoms with E-state index in [1.807, 2.05) is 36.4 Å². The van der Waals surface area contributed by atoms with Gasteiger partial charge < -0.3 is 16.0 Å². The molecule has 1 aliphatic rings. The van der Waals surface area contributed by atoms with Crippen LogP contribution in [0.25, 0.3) is 0 Å². The number of nitrogens with two attached hydrogens (primary N) is 1. The van der Waals surface area contributed by atoms with Crippen molar-refractivity contribution in [3.05, 3.63) is 51.6 Å². The first-order valence-corrected chi connectivity index (χ1v) is 7.90. The van der Waals surface area contributed by atoms with Gasteiger partial charge in [0.1, 0.15) is 0 Å². The standard InChI is InChI=1S/C16H16IN3O/c17-12-5-1-2-7-14(12)19-15(21)10-20-9-8-11-4-3-6-13(18)16(11)20/h1-7H,8-10,18H2,(H,19,21). The molecule has 0 atom stereocenters. The molecule has 0 radical (unpaired) electrons. The number of benzene rings is 2. The van der Waals surface area contributed by atoms with E-state index in [2.05, 4.69) is 38.9 Å². The predicted octanol–water partition coefficient (Wildman–Crippen LogP) is 2.87. The van der Waals surface area contributed by atoms with Gasteiger partial charge in [-0.25, -0.2) is 0 Å². The fourth-order valence-corrected chi connectivity index (χ4v) is 3.17. The first-order valence-electron chi connectivity index (χ1n) is 6.82. The Hall–Kier alpha value is -1.76. The van der Waals surface area contributed by atoms with E-state index in [4.69, 9.17) is 5.73 Å². The molecule has 1 amide bonds. The second-order valence-corrected chi connectivity index (χ2v) is 6.22. The van der Waals surface area contributed by atoms with Crippen LogP contribution in [-0.4, -0.2) is 19.0 Å². The molecule has 1 heterocycles. The average Bonchev–Trinajstić information content (AvgIpc) is 2.86. The van der Waals surface area contributed by atoms with Crippen molar-refractivity contribution in [2.24, 2.45) is 0 Å². The molecule has 0 aliphatic carbocycles. The Morgan fingerprint density at radius 1 is 1.24 bits per heavy atom. The predicted molar refractivity (Wildman–Crippen MR) is 94.6 cm³/mol. The number of nitrogen functional groups attached to an aromatic ring is 1. The molecule has 0 saturated heterocycles. The lowest BCUT2D eigenvalue weighted by molar-refractivity contribution is -0.115. The van der Waals surface area contributed by atoms with Crippen LogP contribution in [0.5, 0.6) is 0 Å². The number of hydrogen-bond acceptors (Lipinski definition) is 3. The highest BCUT2D eigenvalue weighted by molar-refractivity contribution is 14.1. The van der Waals surface area contributed by atoms with Crippen molar-refractivity contribution < 1.29 is 4.79 Å². The SMILES string of the molecule is Nc1cccc2c1N(CC(=O)Nc1ccccc1I)CC2. The van der Waals surface area contributed by atoms with Gasteiger partial charge in [0.2, 0.25) is 5.91 Å². The zero-order chi connectivity index (χ0) is 14.8. The Labute approximate surface area is 137 Å². The molecule has 5 heteroatoms. The van der Waals surface area contributed by atoms with Crippen molar-refractivity contribution in [1.29, 1.82) is 0 Å². The molecular formula is C16H16IN3O. The summed E-state index contributed by atoms with van der Waals surface area (Å²) in [5.74, 6) is -0.0183. The number of carbonyl (C=O) groups is 1. The Balaban J connectivity index is 1.72. The fourth-order valence-electron chi connectivity index (χ4n) is 2.65. The molecule has 2 aromatic rings. The molecule has 2 aromatic carbocycles. The molecular weight excluding hydrogens is 377 g/mol. The van der Waals surface area contributed by atoms with Crippen molar-refractivity contribution in [3.63, 3.8) is 0 Å². The van der Waals surface area contributed by atoms with Gasteiger partial charge in [0, 0.05) is 10.1 Å². The zero-order valence-corrected chi connectivity index (χ0v) is 13.6. The summed E-state index contributed by atoms with van der Waals surface area (Å²) in [4.78, 5) is 14.3. The van der Waals surface area contributed by atoms with Crippen LogP contribution in [-0.2, 0) is 11.2 Å².